The molecule has 1 amide bonds. The lowest BCUT2D eigenvalue weighted by molar-refractivity contribution is -0.384. The zero-order chi connectivity index (χ0) is 25.0. The molecule has 0 radical (unpaired) electrons. The zero-order valence-corrected chi connectivity index (χ0v) is 19.6. The van der Waals surface area contributed by atoms with Crippen LogP contribution >= 0.6 is 11.3 Å². The number of aliphatic hydroxyl groups excluding tert-OH is 2. The van der Waals surface area contributed by atoms with Crippen LogP contribution in [0.15, 0.2) is 42.4 Å². The smallest absolute Gasteiger partial charge is 0.355 e. The molecule has 1 aromatic carbocycles. The number of thiazole rings is 1. The number of fused-ring (bicyclic) bond motifs is 2. The highest BCUT2D eigenvalue weighted by Gasteiger charge is 2.60. The monoisotopic (exact) mass is 498 g/mol. The maximum Gasteiger partial charge on any atom is 0.355 e. The molecule has 2 N–H and O–H groups in total. The maximum atomic E-state index is 13.3. The summed E-state index contributed by atoms with van der Waals surface area (Å²) in [6.45, 7) is 3.09. The summed E-state index contributed by atoms with van der Waals surface area (Å²) >= 11 is 1.38. The summed E-state index contributed by atoms with van der Waals surface area (Å²) in [7, 11) is 0. The predicted octanol–water partition coefficient (Wildman–Crippen LogP) is 2.11. The summed E-state index contributed by atoms with van der Waals surface area (Å²) in [4.78, 5) is 43.7. The Balaban J connectivity index is 1.49. The molecule has 2 aliphatic heterocycles. The number of nitro benzene ring substituents is 1. The van der Waals surface area contributed by atoms with Crippen LogP contribution in [0.5, 0.6) is 0 Å². The van der Waals surface area contributed by atoms with Crippen molar-refractivity contribution in [3.63, 3.8) is 0 Å². The molecular weight excluding hydrogens is 476 g/mol. The molecular formula is C23H22N4O7S. The van der Waals surface area contributed by atoms with Crippen LogP contribution in [0.4, 0.5) is 5.69 Å². The highest BCUT2D eigenvalue weighted by Crippen LogP contribution is 2.51. The van der Waals surface area contributed by atoms with Gasteiger partial charge >= 0.3 is 5.97 Å². The Bertz CT molecular complexity index is 1370. The van der Waals surface area contributed by atoms with Crippen molar-refractivity contribution in [2.24, 2.45) is 11.8 Å². The van der Waals surface area contributed by atoms with Crippen LogP contribution in [-0.2, 0) is 27.5 Å². The lowest BCUT2D eigenvalue weighted by atomic mass is 9.77. The number of carbonyl (C=O) groups excluding carboxylic acids is 2. The molecule has 0 unspecified atom stereocenters. The molecule has 5 rings (SSSR count). The third-order valence-electron chi connectivity index (χ3n) is 6.59. The minimum absolute atomic E-state index is 0.0706. The lowest BCUT2D eigenvalue weighted by Crippen LogP contribution is -2.63. The van der Waals surface area contributed by atoms with Gasteiger partial charge in [-0.25, -0.2) is 9.78 Å². The predicted molar refractivity (Wildman–Crippen MR) is 124 cm³/mol. The summed E-state index contributed by atoms with van der Waals surface area (Å²) in [5.74, 6) is -1.44. The standard InChI is InChI=1S/C23H22N4O7S/c1-11-18(15-8-25-16(9-28)24-7-17(25)35-15)21(26-20(11)19(12(2)29)22(26)30)23(31)34-10-13-3-5-14(6-4-13)27(32)33/h3-8,11-12,19-20,28-29H,9-10H2,1-2H3/t11-,12+,19+,20+/m0/s1. The Kier molecular flexibility index (Phi) is 5.66. The first-order valence-electron chi connectivity index (χ1n) is 11.0. The number of nitro groups is 1. The number of carbonyl (C=O) groups is 2. The fourth-order valence-corrected chi connectivity index (χ4v) is 6.04. The first-order chi connectivity index (χ1) is 16.7. The number of amides is 1. The van der Waals surface area contributed by atoms with Crippen LogP contribution in [0, 0.1) is 22.0 Å². The second-order valence-corrected chi connectivity index (χ2v) is 9.71. The van der Waals surface area contributed by atoms with Crippen LogP contribution in [0.3, 0.4) is 0 Å². The number of benzene rings is 1. The molecule has 12 heteroatoms. The number of hydrogen-bond acceptors (Lipinski definition) is 9. The Hall–Kier alpha value is -3.61. The summed E-state index contributed by atoms with van der Waals surface area (Å²) in [5, 5.41) is 30.6. The van der Waals surface area contributed by atoms with Crippen LogP contribution in [0.25, 0.3) is 10.4 Å². The Morgan fingerprint density at radius 2 is 2.06 bits per heavy atom. The molecule has 11 nitrogen and oxygen atoms in total. The molecule has 0 saturated carbocycles. The molecule has 0 spiro atoms. The third kappa shape index (κ3) is 3.61. The average Bonchev–Trinajstić information content (AvgIpc) is 3.47. The van der Waals surface area contributed by atoms with Crippen LogP contribution in [-0.4, -0.2) is 53.4 Å². The second-order valence-electron chi connectivity index (χ2n) is 8.65. The molecule has 0 aliphatic carbocycles. The number of aromatic nitrogens is 2. The van der Waals surface area contributed by atoms with Gasteiger partial charge in [-0.3, -0.25) is 19.3 Å². The number of hydrogen-bond donors (Lipinski definition) is 2. The first-order valence-corrected chi connectivity index (χ1v) is 11.8. The summed E-state index contributed by atoms with van der Waals surface area (Å²) in [6, 6.07) is 5.29. The molecule has 2 aromatic heterocycles. The van der Waals surface area contributed by atoms with Crippen molar-refractivity contribution in [2.45, 2.75) is 39.2 Å². The van der Waals surface area contributed by atoms with Crippen molar-refractivity contribution in [3.05, 3.63) is 68.7 Å². The average molecular weight is 499 g/mol. The summed E-state index contributed by atoms with van der Waals surface area (Å²) in [5.41, 5.74) is 1.26. The molecule has 4 heterocycles. The van der Waals surface area contributed by atoms with Crippen molar-refractivity contribution in [2.75, 3.05) is 0 Å². The zero-order valence-electron chi connectivity index (χ0n) is 18.8. The number of non-ortho nitro benzene ring substituents is 1. The minimum atomic E-state index is -0.868. The Morgan fingerprint density at radius 1 is 1.34 bits per heavy atom. The van der Waals surface area contributed by atoms with Gasteiger partial charge in [-0.1, -0.05) is 6.92 Å². The second kappa shape index (κ2) is 8.56. The first kappa shape index (κ1) is 23.1. The highest BCUT2D eigenvalue weighted by atomic mass is 32.1. The van der Waals surface area contributed by atoms with Crippen molar-refractivity contribution < 1.29 is 29.5 Å². The summed E-state index contributed by atoms with van der Waals surface area (Å²) in [6.07, 6.45) is 2.54. The van der Waals surface area contributed by atoms with E-state index in [0.717, 1.165) is 9.71 Å². The van der Waals surface area contributed by atoms with Gasteiger partial charge in [-0.2, -0.15) is 0 Å². The Morgan fingerprint density at radius 3 is 2.69 bits per heavy atom. The van der Waals surface area contributed by atoms with Gasteiger partial charge in [0.15, 0.2) is 0 Å². The molecule has 1 saturated heterocycles. The lowest BCUT2D eigenvalue weighted by Gasteiger charge is -2.46. The van der Waals surface area contributed by atoms with Crippen LogP contribution < -0.4 is 0 Å². The van der Waals surface area contributed by atoms with E-state index in [9.17, 15) is 29.9 Å². The molecule has 4 atom stereocenters. The molecule has 0 bridgehead atoms. The van der Waals surface area contributed by atoms with E-state index >= 15 is 0 Å². The van der Waals surface area contributed by atoms with Crippen molar-refractivity contribution in [3.8, 4) is 0 Å². The van der Waals surface area contributed by atoms with E-state index < -0.39 is 22.9 Å². The number of esters is 1. The van der Waals surface area contributed by atoms with Crippen molar-refractivity contribution in [1.29, 1.82) is 0 Å². The molecule has 1 fully saturated rings. The van der Waals surface area contributed by atoms with Crippen LogP contribution in [0.2, 0.25) is 0 Å². The van der Waals surface area contributed by atoms with Crippen molar-refractivity contribution in [1.82, 2.24) is 14.3 Å². The van der Waals surface area contributed by atoms with E-state index in [0.29, 0.717) is 17.0 Å². The fraction of sp³-hybridized carbons (Fsp3) is 0.348. The highest BCUT2D eigenvalue weighted by molar-refractivity contribution is 7.18. The van der Waals surface area contributed by atoms with Gasteiger partial charge in [0.05, 0.1) is 34.1 Å². The van der Waals surface area contributed by atoms with Gasteiger partial charge in [0.2, 0.25) is 5.91 Å². The van der Waals surface area contributed by atoms with E-state index in [1.54, 1.807) is 23.7 Å². The number of rotatable bonds is 7. The van der Waals surface area contributed by atoms with Gasteiger partial charge in [-0.05, 0) is 24.6 Å². The van der Waals surface area contributed by atoms with Gasteiger partial charge in [0.25, 0.3) is 5.69 Å². The molecule has 3 aromatic rings. The molecule has 182 valence electrons. The van der Waals surface area contributed by atoms with E-state index in [4.69, 9.17) is 4.74 Å². The summed E-state index contributed by atoms with van der Waals surface area (Å²) < 4.78 is 7.27. The largest absolute Gasteiger partial charge is 0.456 e. The van der Waals surface area contributed by atoms with E-state index in [1.165, 1.54) is 40.5 Å². The quantitative estimate of drug-likeness (QED) is 0.218. The van der Waals surface area contributed by atoms with Gasteiger partial charge in [-0.15, -0.1) is 11.3 Å². The number of β-lactam (4-membered cyclic amide) rings is 1. The maximum absolute atomic E-state index is 13.3. The normalized spacial score (nSPS) is 22.3. The third-order valence-corrected chi connectivity index (χ3v) is 7.65. The SMILES string of the molecule is C[C@@H](O)[C@H]1C(=O)N2C(C(=O)OCc3ccc([N+](=O)[O-])cc3)=C(c3cn4c(CO)ncc4s3)[C@H](C)[C@H]12. The van der Waals surface area contributed by atoms with Gasteiger partial charge < -0.3 is 19.8 Å². The number of nitrogens with zero attached hydrogens (tertiary/aromatic N) is 4. The topological polar surface area (TPSA) is 148 Å². The van der Waals surface area contributed by atoms with Crippen LogP contribution in [0.1, 0.15) is 30.1 Å². The number of imidazole rings is 1. The molecule has 2 aliphatic rings. The fourth-order valence-electron chi connectivity index (χ4n) is 4.91. The number of aliphatic hydroxyl groups is 2. The molecule has 35 heavy (non-hydrogen) atoms. The van der Waals surface area contributed by atoms with E-state index in [-0.39, 0.29) is 42.5 Å². The Labute approximate surface area is 203 Å². The minimum Gasteiger partial charge on any atom is -0.456 e. The van der Waals surface area contributed by atoms with Crippen molar-refractivity contribution >= 4 is 39.3 Å². The van der Waals surface area contributed by atoms with E-state index in [1.807, 2.05) is 6.92 Å². The van der Waals surface area contributed by atoms with Gasteiger partial charge in [0, 0.05) is 29.8 Å². The van der Waals surface area contributed by atoms with E-state index in [2.05, 4.69) is 4.98 Å². The van der Waals surface area contributed by atoms with Gasteiger partial charge in [0.1, 0.15) is 29.6 Å². The number of ether oxygens (including phenoxy) is 1.